The Bertz CT molecular complexity index is 219. The fourth-order valence-corrected chi connectivity index (χ4v) is 1.24. The maximum Gasteiger partial charge on any atom is 0.333 e. The van der Waals surface area contributed by atoms with E-state index in [1.807, 2.05) is 6.92 Å². The number of carbonyl (C=O) groups is 1. The Morgan fingerprint density at radius 1 is 1.40 bits per heavy atom. The van der Waals surface area contributed by atoms with Crippen LogP contribution in [0.15, 0.2) is 12.2 Å². The lowest BCUT2D eigenvalue weighted by molar-refractivity contribution is -0.145. The lowest BCUT2D eigenvalue weighted by Gasteiger charge is -2.28. The summed E-state index contributed by atoms with van der Waals surface area (Å²) >= 11 is 0. The first-order valence-corrected chi connectivity index (χ1v) is 5.05. The molecule has 4 nitrogen and oxygen atoms in total. The third-order valence-corrected chi connectivity index (χ3v) is 2.31. The summed E-state index contributed by atoms with van der Waals surface area (Å²) < 4.78 is 4.94. The molecule has 88 valence electrons. The van der Waals surface area contributed by atoms with Crippen molar-refractivity contribution in [3.63, 3.8) is 0 Å². The number of hydrogen-bond acceptors (Lipinski definition) is 4. The van der Waals surface area contributed by atoms with Crippen LogP contribution in [-0.4, -0.2) is 36.0 Å². The topological polar surface area (TPSA) is 66.8 Å². The Morgan fingerprint density at radius 2 is 1.93 bits per heavy atom. The molecule has 0 unspecified atom stereocenters. The quantitative estimate of drug-likeness (QED) is 0.489. The molecule has 15 heavy (non-hydrogen) atoms. The minimum Gasteiger partial charge on any atom is -0.462 e. The highest BCUT2D eigenvalue weighted by atomic mass is 16.5. The molecule has 0 saturated carbocycles. The van der Waals surface area contributed by atoms with Gasteiger partial charge in [-0.3, -0.25) is 0 Å². The molecule has 0 aromatic heterocycles. The zero-order valence-electron chi connectivity index (χ0n) is 9.45. The number of hydrogen-bond donors (Lipinski definition) is 2. The summed E-state index contributed by atoms with van der Waals surface area (Å²) in [6, 6.07) is 0. The minimum absolute atomic E-state index is 0.0273. The zero-order valence-corrected chi connectivity index (χ0v) is 9.45. The highest BCUT2D eigenvalue weighted by Gasteiger charge is 2.29. The number of aliphatic hydroxyl groups excluding tert-OH is 2. The summed E-state index contributed by atoms with van der Waals surface area (Å²) in [5.74, 6) is -0.489. The molecule has 0 fully saturated rings. The SMILES string of the molecule is C=C(C)C(=O)OCC(CO)(CO)CCC. The van der Waals surface area contributed by atoms with Crippen LogP contribution < -0.4 is 0 Å². The predicted octanol–water partition coefficient (Wildman–Crippen LogP) is 0.877. The summed E-state index contributed by atoms with van der Waals surface area (Å²) in [6.07, 6.45) is 1.43. The maximum absolute atomic E-state index is 11.1. The van der Waals surface area contributed by atoms with Gasteiger partial charge in [0.1, 0.15) is 6.61 Å². The first-order valence-electron chi connectivity index (χ1n) is 5.05. The molecular weight excluding hydrogens is 196 g/mol. The van der Waals surface area contributed by atoms with Crippen molar-refractivity contribution in [1.29, 1.82) is 0 Å². The second-order valence-corrected chi connectivity index (χ2v) is 3.92. The molecule has 0 radical (unpaired) electrons. The molecule has 0 aliphatic rings. The first kappa shape index (κ1) is 14.1. The van der Waals surface area contributed by atoms with Gasteiger partial charge in [0.15, 0.2) is 0 Å². The highest BCUT2D eigenvalue weighted by molar-refractivity contribution is 5.86. The number of esters is 1. The second kappa shape index (κ2) is 6.58. The van der Waals surface area contributed by atoms with Crippen LogP contribution in [0.25, 0.3) is 0 Å². The fraction of sp³-hybridized carbons (Fsp3) is 0.727. The van der Waals surface area contributed by atoms with Gasteiger partial charge in [-0.15, -0.1) is 0 Å². The van der Waals surface area contributed by atoms with Crippen LogP contribution in [0, 0.1) is 5.41 Å². The zero-order chi connectivity index (χ0) is 11.9. The Balaban J connectivity index is 4.28. The van der Waals surface area contributed by atoms with Crippen LogP contribution in [0.4, 0.5) is 0 Å². The predicted molar refractivity (Wildman–Crippen MR) is 57.3 cm³/mol. The molecule has 0 aromatic rings. The Hall–Kier alpha value is -0.870. The molecule has 0 saturated heterocycles. The smallest absolute Gasteiger partial charge is 0.333 e. The van der Waals surface area contributed by atoms with E-state index in [4.69, 9.17) is 4.74 Å². The van der Waals surface area contributed by atoms with Crippen molar-refractivity contribution in [3.8, 4) is 0 Å². The summed E-state index contributed by atoms with van der Waals surface area (Å²) in [6.45, 7) is 6.60. The first-order chi connectivity index (χ1) is 7.01. The van der Waals surface area contributed by atoms with Gasteiger partial charge in [-0.1, -0.05) is 19.9 Å². The van der Waals surface area contributed by atoms with Gasteiger partial charge in [0.25, 0.3) is 0 Å². The Labute approximate surface area is 90.6 Å². The van der Waals surface area contributed by atoms with Gasteiger partial charge in [0.2, 0.25) is 0 Å². The fourth-order valence-electron chi connectivity index (χ4n) is 1.24. The largest absolute Gasteiger partial charge is 0.462 e. The molecule has 0 spiro atoms. The normalized spacial score (nSPS) is 11.2. The van der Waals surface area contributed by atoms with Crippen molar-refractivity contribution < 1.29 is 19.7 Å². The number of aliphatic hydroxyl groups is 2. The van der Waals surface area contributed by atoms with Crippen LogP contribution in [0.1, 0.15) is 26.7 Å². The van der Waals surface area contributed by atoms with Gasteiger partial charge in [0, 0.05) is 5.57 Å². The van der Waals surface area contributed by atoms with Crippen molar-refractivity contribution in [3.05, 3.63) is 12.2 Å². The summed E-state index contributed by atoms with van der Waals surface area (Å²) in [4.78, 5) is 11.1. The average Bonchev–Trinajstić information content (AvgIpc) is 2.23. The summed E-state index contributed by atoms with van der Waals surface area (Å²) in [5, 5.41) is 18.4. The van der Waals surface area contributed by atoms with E-state index >= 15 is 0 Å². The van der Waals surface area contributed by atoms with E-state index in [1.165, 1.54) is 0 Å². The lowest BCUT2D eigenvalue weighted by atomic mass is 9.86. The molecule has 0 aliphatic carbocycles. The van der Waals surface area contributed by atoms with E-state index in [1.54, 1.807) is 6.92 Å². The maximum atomic E-state index is 11.1. The molecule has 0 amide bonds. The third kappa shape index (κ3) is 4.44. The van der Waals surface area contributed by atoms with Gasteiger partial charge in [0.05, 0.1) is 18.6 Å². The van der Waals surface area contributed by atoms with E-state index in [0.717, 1.165) is 6.42 Å². The molecule has 0 aromatic carbocycles. The lowest BCUT2D eigenvalue weighted by Crippen LogP contribution is -2.36. The molecule has 0 aliphatic heterocycles. The Morgan fingerprint density at radius 3 is 2.27 bits per heavy atom. The monoisotopic (exact) mass is 216 g/mol. The van der Waals surface area contributed by atoms with E-state index in [0.29, 0.717) is 12.0 Å². The second-order valence-electron chi connectivity index (χ2n) is 3.92. The van der Waals surface area contributed by atoms with E-state index < -0.39 is 11.4 Å². The summed E-state index contributed by atoms with van der Waals surface area (Å²) in [7, 11) is 0. The number of ether oxygens (including phenoxy) is 1. The van der Waals surface area contributed by atoms with Crippen LogP contribution in [0.5, 0.6) is 0 Å². The molecule has 0 bridgehead atoms. The van der Waals surface area contributed by atoms with Crippen molar-refractivity contribution >= 4 is 5.97 Å². The van der Waals surface area contributed by atoms with Gasteiger partial charge in [-0.2, -0.15) is 0 Å². The number of carbonyl (C=O) groups excluding carboxylic acids is 1. The van der Waals surface area contributed by atoms with E-state index in [-0.39, 0.29) is 19.8 Å². The third-order valence-electron chi connectivity index (χ3n) is 2.31. The molecule has 0 atom stereocenters. The standard InChI is InChI=1S/C11H20O4/c1-4-5-11(6-12,7-13)8-15-10(14)9(2)3/h12-13H,2,4-8H2,1,3H3. The van der Waals surface area contributed by atoms with E-state index in [9.17, 15) is 15.0 Å². The number of rotatable bonds is 7. The van der Waals surface area contributed by atoms with Crippen LogP contribution >= 0.6 is 0 Å². The van der Waals surface area contributed by atoms with Crippen LogP contribution in [-0.2, 0) is 9.53 Å². The highest BCUT2D eigenvalue weighted by Crippen LogP contribution is 2.23. The van der Waals surface area contributed by atoms with Gasteiger partial charge >= 0.3 is 5.97 Å². The molecule has 4 heteroatoms. The summed E-state index contributed by atoms with van der Waals surface area (Å²) in [5.41, 5.74) is -0.406. The average molecular weight is 216 g/mol. The molecular formula is C11H20O4. The van der Waals surface area contributed by atoms with Gasteiger partial charge < -0.3 is 14.9 Å². The Kier molecular flexibility index (Phi) is 6.20. The van der Waals surface area contributed by atoms with Crippen molar-refractivity contribution in [2.45, 2.75) is 26.7 Å². The van der Waals surface area contributed by atoms with Gasteiger partial charge in [-0.25, -0.2) is 4.79 Å². The van der Waals surface area contributed by atoms with Crippen LogP contribution in [0.2, 0.25) is 0 Å². The van der Waals surface area contributed by atoms with Crippen molar-refractivity contribution in [2.75, 3.05) is 19.8 Å². The van der Waals surface area contributed by atoms with Crippen molar-refractivity contribution in [2.24, 2.45) is 5.41 Å². The minimum atomic E-state index is -0.722. The molecule has 0 rings (SSSR count). The van der Waals surface area contributed by atoms with Gasteiger partial charge in [-0.05, 0) is 13.3 Å². The van der Waals surface area contributed by atoms with Crippen molar-refractivity contribution in [1.82, 2.24) is 0 Å². The van der Waals surface area contributed by atoms with Crippen LogP contribution in [0.3, 0.4) is 0 Å². The molecule has 2 N–H and O–H groups in total. The molecule has 0 heterocycles. The van der Waals surface area contributed by atoms with E-state index in [2.05, 4.69) is 6.58 Å².